The topological polar surface area (TPSA) is 64.9 Å². The second-order valence-corrected chi connectivity index (χ2v) is 5.91. The summed E-state index contributed by atoms with van der Waals surface area (Å²) >= 11 is 6.04. The van der Waals surface area contributed by atoms with E-state index in [2.05, 4.69) is 10.6 Å². The van der Waals surface area contributed by atoms with Crippen LogP contribution in [0.1, 0.15) is 11.1 Å². The summed E-state index contributed by atoms with van der Waals surface area (Å²) in [5, 5.41) is 14.8. The molecule has 0 aliphatic rings. The molecule has 0 fully saturated rings. The number of anilines is 1. The molecule has 0 saturated heterocycles. The standard InChI is InChI=1S/C19H15ClF3N3O/c20-17-7-2-1-4-13(17)8-9-25-12-14(11-24)18(27)26-16-6-3-5-15(10-16)19(21,22)23/h1-7,10,12,25H,8-9H2,(H,26,27)/b14-12-. The minimum atomic E-state index is -4.52. The van der Waals surface area contributed by atoms with E-state index in [9.17, 15) is 18.0 Å². The number of rotatable bonds is 6. The fraction of sp³-hybridized carbons (Fsp3) is 0.158. The number of halogens is 4. The number of hydrogen-bond acceptors (Lipinski definition) is 3. The first-order valence-corrected chi connectivity index (χ1v) is 8.24. The minimum Gasteiger partial charge on any atom is -0.389 e. The lowest BCUT2D eigenvalue weighted by Gasteiger charge is -2.09. The van der Waals surface area contributed by atoms with Crippen LogP contribution in [0.15, 0.2) is 60.3 Å². The molecule has 27 heavy (non-hydrogen) atoms. The third kappa shape index (κ3) is 6.04. The number of benzene rings is 2. The molecule has 0 unspecified atom stereocenters. The zero-order valence-electron chi connectivity index (χ0n) is 14.0. The molecule has 4 nitrogen and oxygen atoms in total. The SMILES string of the molecule is N#C/C(=C/NCCc1ccccc1Cl)C(=O)Nc1cccc(C(F)(F)F)c1. The number of nitrogens with zero attached hydrogens (tertiary/aromatic N) is 1. The van der Waals surface area contributed by atoms with E-state index in [1.807, 2.05) is 18.2 Å². The molecule has 2 aromatic carbocycles. The number of hydrogen-bond donors (Lipinski definition) is 2. The lowest BCUT2D eigenvalue weighted by atomic mass is 10.1. The van der Waals surface area contributed by atoms with Gasteiger partial charge in [-0.05, 0) is 36.2 Å². The second-order valence-electron chi connectivity index (χ2n) is 5.50. The first-order chi connectivity index (χ1) is 12.8. The molecule has 0 aliphatic carbocycles. The summed E-state index contributed by atoms with van der Waals surface area (Å²) in [5.74, 6) is -0.804. The van der Waals surface area contributed by atoms with Crippen molar-refractivity contribution in [3.63, 3.8) is 0 Å². The van der Waals surface area contributed by atoms with Crippen molar-refractivity contribution in [3.05, 3.63) is 76.5 Å². The van der Waals surface area contributed by atoms with Gasteiger partial charge >= 0.3 is 6.18 Å². The van der Waals surface area contributed by atoms with Gasteiger partial charge in [-0.15, -0.1) is 0 Å². The maximum atomic E-state index is 12.7. The van der Waals surface area contributed by atoms with Crippen molar-refractivity contribution in [1.29, 1.82) is 5.26 Å². The largest absolute Gasteiger partial charge is 0.416 e. The van der Waals surface area contributed by atoms with Crippen molar-refractivity contribution >= 4 is 23.2 Å². The van der Waals surface area contributed by atoms with Crippen molar-refractivity contribution in [1.82, 2.24) is 5.32 Å². The summed E-state index contributed by atoms with van der Waals surface area (Å²) in [4.78, 5) is 12.1. The molecule has 0 atom stereocenters. The maximum Gasteiger partial charge on any atom is 0.416 e. The molecular formula is C19H15ClF3N3O. The highest BCUT2D eigenvalue weighted by atomic mass is 35.5. The smallest absolute Gasteiger partial charge is 0.389 e. The molecule has 1 amide bonds. The Morgan fingerprint density at radius 2 is 1.93 bits per heavy atom. The molecule has 2 rings (SSSR count). The number of alkyl halides is 3. The van der Waals surface area contributed by atoms with Crippen molar-refractivity contribution in [3.8, 4) is 6.07 Å². The monoisotopic (exact) mass is 393 g/mol. The zero-order chi connectivity index (χ0) is 19.9. The molecule has 140 valence electrons. The van der Waals surface area contributed by atoms with Crippen LogP contribution in [-0.2, 0) is 17.4 Å². The minimum absolute atomic E-state index is 0.0490. The van der Waals surface area contributed by atoms with E-state index in [0.29, 0.717) is 18.0 Å². The van der Waals surface area contributed by atoms with Gasteiger partial charge in [0.15, 0.2) is 0 Å². The third-order valence-corrected chi connectivity index (χ3v) is 3.92. The van der Waals surface area contributed by atoms with Crippen LogP contribution in [0.3, 0.4) is 0 Å². The summed E-state index contributed by atoms with van der Waals surface area (Å²) in [6.07, 6.45) is -2.72. The summed E-state index contributed by atoms with van der Waals surface area (Å²) < 4.78 is 38.1. The van der Waals surface area contributed by atoms with Gasteiger partial charge in [0.1, 0.15) is 11.6 Å². The number of amides is 1. The van der Waals surface area contributed by atoms with Crippen LogP contribution in [0, 0.1) is 11.3 Å². The van der Waals surface area contributed by atoms with Crippen LogP contribution >= 0.6 is 11.6 Å². The van der Waals surface area contributed by atoms with Crippen molar-refractivity contribution in [2.45, 2.75) is 12.6 Å². The zero-order valence-corrected chi connectivity index (χ0v) is 14.7. The first kappa shape index (κ1) is 20.3. The average molecular weight is 394 g/mol. The molecular weight excluding hydrogens is 379 g/mol. The quantitative estimate of drug-likeness (QED) is 0.430. The van der Waals surface area contributed by atoms with E-state index in [-0.39, 0.29) is 11.3 Å². The molecule has 0 bridgehead atoms. The number of nitrogens with one attached hydrogen (secondary N) is 2. The fourth-order valence-electron chi connectivity index (χ4n) is 2.20. The predicted octanol–water partition coefficient (Wildman–Crippen LogP) is 4.54. The summed E-state index contributed by atoms with van der Waals surface area (Å²) in [6, 6.07) is 13.2. The van der Waals surface area contributed by atoms with Crippen molar-refractivity contribution in [2.24, 2.45) is 0 Å². The van der Waals surface area contributed by atoms with E-state index in [4.69, 9.17) is 16.9 Å². The van der Waals surface area contributed by atoms with E-state index in [0.717, 1.165) is 17.7 Å². The lowest BCUT2D eigenvalue weighted by Crippen LogP contribution is -2.18. The van der Waals surface area contributed by atoms with Gasteiger partial charge in [-0.3, -0.25) is 4.79 Å². The Labute approximate surface area is 159 Å². The Hall–Kier alpha value is -2.98. The number of carbonyl (C=O) groups excluding carboxylic acids is 1. The van der Waals surface area contributed by atoms with Gasteiger partial charge in [0.2, 0.25) is 0 Å². The summed E-state index contributed by atoms with van der Waals surface area (Å²) in [6.45, 7) is 0.422. The predicted molar refractivity (Wildman–Crippen MR) is 96.9 cm³/mol. The molecule has 0 saturated carbocycles. The van der Waals surface area contributed by atoms with Crippen LogP contribution in [0.5, 0.6) is 0 Å². The summed E-state index contributed by atoms with van der Waals surface area (Å²) in [7, 11) is 0. The molecule has 2 aromatic rings. The van der Waals surface area contributed by atoms with E-state index < -0.39 is 17.6 Å². The third-order valence-electron chi connectivity index (χ3n) is 3.56. The van der Waals surface area contributed by atoms with Crippen molar-refractivity contribution < 1.29 is 18.0 Å². The number of carbonyl (C=O) groups is 1. The summed E-state index contributed by atoms with van der Waals surface area (Å²) in [5.41, 5.74) is -0.286. The molecule has 0 aromatic heterocycles. The second kappa shape index (κ2) is 9.10. The van der Waals surface area contributed by atoms with Gasteiger partial charge in [-0.1, -0.05) is 35.9 Å². The van der Waals surface area contributed by atoms with Gasteiger partial charge in [0.25, 0.3) is 5.91 Å². The fourth-order valence-corrected chi connectivity index (χ4v) is 2.43. The molecule has 2 N–H and O–H groups in total. The van der Waals surface area contributed by atoms with Gasteiger partial charge in [0.05, 0.1) is 5.56 Å². The molecule has 0 spiro atoms. The van der Waals surface area contributed by atoms with Gasteiger partial charge < -0.3 is 10.6 Å². The van der Waals surface area contributed by atoms with Crippen molar-refractivity contribution in [2.75, 3.05) is 11.9 Å². The van der Waals surface area contributed by atoms with Crippen LogP contribution in [0.25, 0.3) is 0 Å². The highest BCUT2D eigenvalue weighted by molar-refractivity contribution is 6.31. The van der Waals surface area contributed by atoms with E-state index in [1.54, 1.807) is 12.1 Å². The Morgan fingerprint density at radius 3 is 2.59 bits per heavy atom. The molecule has 8 heteroatoms. The van der Waals surface area contributed by atoms with Gasteiger partial charge in [-0.25, -0.2) is 0 Å². The van der Waals surface area contributed by atoms with Gasteiger partial charge in [0, 0.05) is 23.5 Å². The molecule has 0 aliphatic heterocycles. The van der Waals surface area contributed by atoms with Crippen LogP contribution in [-0.4, -0.2) is 12.5 Å². The molecule has 0 radical (unpaired) electrons. The van der Waals surface area contributed by atoms with Crippen LogP contribution in [0.2, 0.25) is 5.02 Å². The average Bonchev–Trinajstić information content (AvgIpc) is 2.62. The Balaban J connectivity index is 1.96. The Morgan fingerprint density at radius 1 is 1.19 bits per heavy atom. The maximum absolute atomic E-state index is 12.7. The first-order valence-electron chi connectivity index (χ1n) is 7.87. The van der Waals surface area contributed by atoms with E-state index in [1.165, 1.54) is 18.3 Å². The lowest BCUT2D eigenvalue weighted by molar-refractivity contribution is -0.137. The van der Waals surface area contributed by atoms with Crippen LogP contribution < -0.4 is 10.6 Å². The van der Waals surface area contributed by atoms with Crippen LogP contribution in [0.4, 0.5) is 18.9 Å². The van der Waals surface area contributed by atoms with E-state index >= 15 is 0 Å². The molecule has 0 heterocycles. The number of nitriles is 1. The normalized spacial score (nSPS) is 11.6. The highest BCUT2D eigenvalue weighted by Gasteiger charge is 2.30. The van der Waals surface area contributed by atoms with Gasteiger partial charge in [-0.2, -0.15) is 18.4 Å². The Bertz CT molecular complexity index is 888. The Kier molecular flexibility index (Phi) is 6.85. The highest BCUT2D eigenvalue weighted by Crippen LogP contribution is 2.30.